The number of hydrogen-bond donors (Lipinski definition) is 2. The zero-order chi connectivity index (χ0) is 22.1. The van der Waals surface area contributed by atoms with Crippen LogP contribution in [0.25, 0.3) is 0 Å². The standard InChI is InChI=1S/C23H29F2NO4/c1-23(2,3)30-22(28)26-21(15-29-20-12-18(24)11-19(25)13-20)17(14-27)10-9-16-7-5-4-6-8-16/h4-8,11-13,17,21,27H,9-10,14-15H2,1-3H3,(H,26,28)/t17?,21-/m0/s1. The molecule has 1 unspecified atom stereocenters. The van der Waals surface area contributed by atoms with Crippen molar-refractivity contribution in [3.8, 4) is 5.75 Å². The quantitative estimate of drug-likeness (QED) is 0.627. The summed E-state index contributed by atoms with van der Waals surface area (Å²) >= 11 is 0. The van der Waals surface area contributed by atoms with Crippen molar-refractivity contribution in [3.05, 3.63) is 65.7 Å². The zero-order valence-electron chi connectivity index (χ0n) is 17.5. The minimum atomic E-state index is -0.760. The number of aliphatic hydroxyl groups excluding tert-OH is 1. The molecule has 2 aromatic rings. The van der Waals surface area contributed by atoms with Gasteiger partial charge in [-0.2, -0.15) is 0 Å². The van der Waals surface area contributed by atoms with Gasteiger partial charge in [-0.15, -0.1) is 0 Å². The van der Waals surface area contributed by atoms with Crippen LogP contribution in [0, 0.1) is 17.6 Å². The number of aliphatic hydroxyl groups is 1. The first-order chi connectivity index (χ1) is 14.2. The molecule has 164 valence electrons. The predicted octanol–water partition coefficient (Wildman–Crippen LogP) is 4.48. The number of ether oxygens (including phenoxy) is 2. The van der Waals surface area contributed by atoms with Crippen molar-refractivity contribution in [2.24, 2.45) is 5.92 Å². The first-order valence-electron chi connectivity index (χ1n) is 9.89. The third-order valence-corrected chi connectivity index (χ3v) is 4.42. The minimum absolute atomic E-state index is 0.00300. The van der Waals surface area contributed by atoms with Crippen LogP contribution in [0.3, 0.4) is 0 Å². The molecule has 30 heavy (non-hydrogen) atoms. The largest absolute Gasteiger partial charge is 0.491 e. The van der Waals surface area contributed by atoms with Crippen LogP contribution in [0.5, 0.6) is 5.75 Å². The first-order valence-corrected chi connectivity index (χ1v) is 9.89. The highest BCUT2D eigenvalue weighted by atomic mass is 19.1. The van der Waals surface area contributed by atoms with Gasteiger partial charge in [0.2, 0.25) is 0 Å². The summed E-state index contributed by atoms with van der Waals surface area (Å²) in [4.78, 5) is 12.3. The van der Waals surface area contributed by atoms with Gasteiger partial charge < -0.3 is 19.9 Å². The van der Waals surface area contributed by atoms with Gasteiger partial charge in [0.15, 0.2) is 0 Å². The third-order valence-electron chi connectivity index (χ3n) is 4.42. The van der Waals surface area contributed by atoms with E-state index in [1.807, 2.05) is 30.3 Å². The molecule has 0 aliphatic carbocycles. The third kappa shape index (κ3) is 8.37. The summed E-state index contributed by atoms with van der Waals surface area (Å²) in [5.41, 5.74) is 0.403. The van der Waals surface area contributed by atoms with E-state index in [0.717, 1.165) is 23.8 Å². The number of benzene rings is 2. The lowest BCUT2D eigenvalue weighted by Crippen LogP contribution is -2.47. The van der Waals surface area contributed by atoms with Crippen LogP contribution in [0.2, 0.25) is 0 Å². The van der Waals surface area contributed by atoms with Crippen LogP contribution in [0.4, 0.5) is 13.6 Å². The Kier molecular flexibility index (Phi) is 8.59. The summed E-state index contributed by atoms with van der Waals surface area (Å²) in [7, 11) is 0. The second-order valence-corrected chi connectivity index (χ2v) is 8.14. The fourth-order valence-electron chi connectivity index (χ4n) is 2.97. The smallest absolute Gasteiger partial charge is 0.408 e. The molecule has 0 heterocycles. The van der Waals surface area contributed by atoms with Gasteiger partial charge in [0.05, 0.1) is 6.04 Å². The van der Waals surface area contributed by atoms with Crippen LogP contribution in [0.1, 0.15) is 32.8 Å². The summed E-state index contributed by atoms with van der Waals surface area (Å²) < 4.78 is 37.7. The van der Waals surface area contributed by atoms with E-state index in [1.54, 1.807) is 20.8 Å². The number of alkyl carbamates (subject to hydrolysis) is 1. The van der Waals surface area contributed by atoms with Crippen LogP contribution in [0.15, 0.2) is 48.5 Å². The van der Waals surface area contributed by atoms with Gasteiger partial charge in [-0.3, -0.25) is 0 Å². The maximum Gasteiger partial charge on any atom is 0.408 e. The number of rotatable bonds is 9. The van der Waals surface area contributed by atoms with Gasteiger partial charge >= 0.3 is 6.09 Å². The van der Waals surface area contributed by atoms with E-state index in [9.17, 15) is 18.7 Å². The van der Waals surface area contributed by atoms with Gasteiger partial charge in [0.25, 0.3) is 0 Å². The molecule has 0 bridgehead atoms. The van der Waals surface area contributed by atoms with Crippen molar-refractivity contribution >= 4 is 6.09 Å². The highest BCUT2D eigenvalue weighted by Gasteiger charge is 2.26. The van der Waals surface area contributed by atoms with Crippen molar-refractivity contribution in [2.45, 2.75) is 45.3 Å². The Balaban J connectivity index is 2.09. The maximum absolute atomic E-state index is 13.4. The number of carbonyl (C=O) groups is 1. The molecular weight excluding hydrogens is 392 g/mol. The van der Waals surface area contributed by atoms with E-state index in [1.165, 1.54) is 0 Å². The van der Waals surface area contributed by atoms with E-state index in [2.05, 4.69) is 5.32 Å². The lowest BCUT2D eigenvalue weighted by molar-refractivity contribution is 0.0435. The van der Waals surface area contributed by atoms with Crippen molar-refractivity contribution in [3.63, 3.8) is 0 Å². The van der Waals surface area contributed by atoms with E-state index in [4.69, 9.17) is 9.47 Å². The van der Waals surface area contributed by atoms with Gasteiger partial charge in [0.1, 0.15) is 29.6 Å². The SMILES string of the molecule is CC(C)(C)OC(=O)N[C@@H](COc1cc(F)cc(F)c1)C(CO)CCc1ccccc1. The maximum atomic E-state index is 13.4. The zero-order valence-corrected chi connectivity index (χ0v) is 17.5. The normalized spacial score (nSPS) is 13.4. The van der Waals surface area contributed by atoms with Crippen LogP contribution in [-0.4, -0.2) is 36.1 Å². The Hall–Kier alpha value is -2.67. The summed E-state index contributed by atoms with van der Waals surface area (Å²) in [6.45, 7) is 4.95. The van der Waals surface area contributed by atoms with Crippen molar-refractivity contribution in [1.82, 2.24) is 5.32 Å². The number of hydrogen-bond acceptors (Lipinski definition) is 4. The summed E-state index contributed by atoms with van der Waals surface area (Å²) in [6.07, 6.45) is 0.606. The monoisotopic (exact) mass is 421 g/mol. The van der Waals surface area contributed by atoms with Gasteiger partial charge in [-0.05, 0) is 39.2 Å². The Bertz CT molecular complexity index is 788. The van der Waals surface area contributed by atoms with Crippen molar-refractivity contribution in [1.29, 1.82) is 0 Å². The number of amides is 1. The second-order valence-electron chi connectivity index (χ2n) is 8.14. The molecular formula is C23H29F2NO4. The molecule has 2 atom stereocenters. The molecule has 0 spiro atoms. The van der Waals surface area contributed by atoms with Gasteiger partial charge in [-0.25, -0.2) is 13.6 Å². The topological polar surface area (TPSA) is 67.8 Å². The van der Waals surface area contributed by atoms with Crippen LogP contribution in [-0.2, 0) is 11.2 Å². The summed E-state index contributed by atoms with van der Waals surface area (Å²) in [6, 6.07) is 12.0. The fourth-order valence-corrected chi connectivity index (χ4v) is 2.97. The number of carbonyl (C=O) groups excluding carboxylic acids is 1. The van der Waals surface area contributed by atoms with E-state index < -0.39 is 29.4 Å². The molecule has 0 aliphatic rings. The summed E-state index contributed by atoms with van der Waals surface area (Å²) in [5.74, 6) is -1.87. The summed E-state index contributed by atoms with van der Waals surface area (Å²) in [5, 5.41) is 12.7. The molecule has 0 saturated heterocycles. The fraction of sp³-hybridized carbons (Fsp3) is 0.435. The molecule has 1 amide bonds. The Morgan fingerprint density at radius 1 is 1.10 bits per heavy atom. The molecule has 0 saturated carbocycles. The van der Waals surface area contributed by atoms with Crippen LogP contribution < -0.4 is 10.1 Å². The second kappa shape index (κ2) is 10.9. The lowest BCUT2D eigenvalue weighted by Gasteiger charge is -2.28. The molecule has 0 radical (unpaired) electrons. The molecule has 0 aromatic heterocycles. The number of nitrogens with one attached hydrogen (secondary N) is 1. The average molecular weight is 421 g/mol. The molecule has 2 aromatic carbocycles. The van der Waals surface area contributed by atoms with Gasteiger partial charge in [0, 0.05) is 30.7 Å². The molecule has 7 heteroatoms. The Labute approximate surface area is 176 Å². The number of halogens is 2. The molecule has 0 aliphatic heterocycles. The lowest BCUT2D eigenvalue weighted by atomic mass is 9.93. The van der Waals surface area contributed by atoms with Gasteiger partial charge in [-0.1, -0.05) is 30.3 Å². The minimum Gasteiger partial charge on any atom is -0.491 e. The molecule has 0 fully saturated rings. The van der Waals surface area contributed by atoms with E-state index in [0.29, 0.717) is 12.8 Å². The van der Waals surface area contributed by atoms with Crippen LogP contribution >= 0.6 is 0 Å². The molecule has 2 N–H and O–H groups in total. The van der Waals surface area contributed by atoms with E-state index >= 15 is 0 Å². The van der Waals surface area contributed by atoms with E-state index in [-0.39, 0.29) is 24.9 Å². The van der Waals surface area contributed by atoms with Crippen molar-refractivity contribution in [2.75, 3.05) is 13.2 Å². The Morgan fingerprint density at radius 3 is 2.30 bits per heavy atom. The number of aryl methyl sites for hydroxylation is 1. The Morgan fingerprint density at radius 2 is 1.73 bits per heavy atom. The predicted molar refractivity (Wildman–Crippen MR) is 110 cm³/mol. The molecule has 2 rings (SSSR count). The highest BCUT2D eigenvalue weighted by Crippen LogP contribution is 2.19. The highest BCUT2D eigenvalue weighted by molar-refractivity contribution is 5.68. The van der Waals surface area contributed by atoms with Crippen molar-refractivity contribution < 1.29 is 28.2 Å². The molecule has 5 nitrogen and oxygen atoms in total. The average Bonchev–Trinajstić information content (AvgIpc) is 2.65. The first kappa shape index (κ1) is 23.6.